The molecule has 2 fully saturated rings. The molecule has 0 bridgehead atoms. The van der Waals surface area contributed by atoms with Crippen LogP contribution in [0.2, 0.25) is 0 Å². The SMILES string of the molecule is COCCNC(=O)c1ccc2nn(CC3CCCC(CC(=O)c4ccc(C5CC5)cc4)C3)cc2c1C. The highest BCUT2D eigenvalue weighted by Gasteiger charge is 2.26. The van der Waals surface area contributed by atoms with E-state index in [1.165, 1.54) is 24.8 Å². The number of amides is 1. The maximum Gasteiger partial charge on any atom is 0.251 e. The van der Waals surface area contributed by atoms with Crippen molar-refractivity contribution in [1.82, 2.24) is 15.1 Å². The highest BCUT2D eigenvalue weighted by Crippen LogP contribution is 2.40. The average molecular weight is 488 g/mol. The number of nitrogens with one attached hydrogen (secondary N) is 1. The fourth-order valence-electron chi connectivity index (χ4n) is 5.74. The molecule has 1 amide bonds. The molecular formula is C30H37N3O3. The molecule has 2 unspecified atom stereocenters. The summed E-state index contributed by atoms with van der Waals surface area (Å²) >= 11 is 0. The Kier molecular flexibility index (Phi) is 7.51. The maximum absolute atomic E-state index is 12.9. The molecule has 2 aromatic carbocycles. The predicted molar refractivity (Wildman–Crippen MR) is 141 cm³/mol. The van der Waals surface area contributed by atoms with Crippen molar-refractivity contribution in [2.24, 2.45) is 11.8 Å². The number of hydrogen-bond donors (Lipinski definition) is 1. The average Bonchev–Trinajstić information content (AvgIpc) is 3.65. The number of Topliss-reactive ketones (excluding diaryl/α,β-unsaturated/α-hetero) is 1. The first-order valence-corrected chi connectivity index (χ1v) is 13.4. The molecule has 2 atom stereocenters. The summed E-state index contributed by atoms with van der Waals surface area (Å²) in [5.74, 6) is 1.87. The predicted octanol–water partition coefficient (Wildman–Crippen LogP) is 5.68. The molecule has 3 aromatic rings. The topological polar surface area (TPSA) is 73.2 Å². The van der Waals surface area contributed by atoms with Crippen LogP contribution in [0.5, 0.6) is 0 Å². The van der Waals surface area contributed by atoms with Crippen LogP contribution in [0.3, 0.4) is 0 Å². The molecule has 0 radical (unpaired) electrons. The van der Waals surface area contributed by atoms with E-state index in [0.29, 0.717) is 37.0 Å². The molecule has 36 heavy (non-hydrogen) atoms. The minimum Gasteiger partial charge on any atom is -0.383 e. The van der Waals surface area contributed by atoms with Crippen molar-refractivity contribution < 1.29 is 14.3 Å². The Hall–Kier alpha value is -2.99. The number of nitrogens with zero attached hydrogens (tertiary/aromatic N) is 2. The third-order valence-electron chi connectivity index (χ3n) is 7.93. The van der Waals surface area contributed by atoms with Crippen LogP contribution in [-0.2, 0) is 11.3 Å². The third-order valence-corrected chi connectivity index (χ3v) is 7.93. The fourth-order valence-corrected chi connectivity index (χ4v) is 5.74. The summed E-state index contributed by atoms with van der Waals surface area (Å²) in [6.07, 6.45) is 9.81. The van der Waals surface area contributed by atoms with Crippen molar-refractivity contribution in [3.05, 3.63) is 64.8 Å². The second-order valence-corrected chi connectivity index (χ2v) is 10.7. The summed E-state index contributed by atoms with van der Waals surface area (Å²) in [6, 6.07) is 12.1. The van der Waals surface area contributed by atoms with E-state index in [2.05, 4.69) is 23.6 Å². The summed E-state index contributed by atoms with van der Waals surface area (Å²) < 4.78 is 7.06. The minimum atomic E-state index is -0.0823. The molecule has 2 saturated carbocycles. The summed E-state index contributed by atoms with van der Waals surface area (Å²) in [5.41, 5.74) is 4.79. The molecule has 1 heterocycles. The summed E-state index contributed by atoms with van der Waals surface area (Å²) in [7, 11) is 1.62. The summed E-state index contributed by atoms with van der Waals surface area (Å²) in [6.45, 7) is 3.82. The number of aryl methyl sites for hydroxylation is 1. The third kappa shape index (κ3) is 5.70. The second kappa shape index (κ2) is 11.0. The molecule has 5 rings (SSSR count). The Bertz CT molecular complexity index is 1230. The fraction of sp³-hybridized carbons (Fsp3) is 0.500. The van der Waals surface area contributed by atoms with Crippen molar-refractivity contribution in [2.75, 3.05) is 20.3 Å². The van der Waals surface area contributed by atoms with Gasteiger partial charge in [0.05, 0.1) is 12.1 Å². The molecule has 2 aliphatic carbocycles. The van der Waals surface area contributed by atoms with Gasteiger partial charge in [-0.3, -0.25) is 14.3 Å². The zero-order chi connectivity index (χ0) is 25.1. The lowest BCUT2D eigenvalue weighted by Crippen LogP contribution is -2.27. The molecule has 0 spiro atoms. The van der Waals surface area contributed by atoms with Gasteiger partial charge in [0, 0.05) is 49.3 Å². The quantitative estimate of drug-likeness (QED) is 0.295. The first-order chi connectivity index (χ1) is 17.5. The highest BCUT2D eigenvalue weighted by atomic mass is 16.5. The van der Waals surface area contributed by atoms with E-state index in [1.807, 2.05) is 35.9 Å². The van der Waals surface area contributed by atoms with Gasteiger partial charge in [-0.25, -0.2) is 0 Å². The van der Waals surface area contributed by atoms with E-state index in [9.17, 15) is 9.59 Å². The van der Waals surface area contributed by atoms with E-state index >= 15 is 0 Å². The first-order valence-electron chi connectivity index (χ1n) is 13.4. The Morgan fingerprint density at radius 1 is 1.06 bits per heavy atom. The standard InChI is InChI=1S/C30H37N3O3/c1-20-26(30(35)31-14-15-36-2)12-13-28-27(20)19-33(32-28)18-22-5-3-4-21(16-22)17-29(34)25-10-8-24(9-11-25)23-6-7-23/h8-13,19,21-23H,3-7,14-18H2,1-2H3,(H,31,35). The molecule has 0 saturated heterocycles. The molecule has 1 N–H and O–H groups in total. The zero-order valence-electron chi connectivity index (χ0n) is 21.5. The van der Waals surface area contributed by atoms with Gasteiger partial charge in [0.15, 0.2) is 5.78 Å². The van der Waals surface area contributed by atoms with Crippen LogP contribution >= 0.6 is 0 Å². The number of carbonyl (C=O) groups excluding carboxylic acids is 2. The molecule has 1 aromatic heterocycles. The van der Waals surface area contributed by atoms with E-state index < -0.39 is 0 Å². The minimum absolute atomic E-state index is 0.0823. The van der Waals surface area contributed by atoms with Crippen molar-refractivity contribution in [2.45, 2.75) is 64.3 Å². The van der Waals surface area contributed by atoms with Gasteiger partial charge in [-0.1, -0.05) is 30.7 Å². The van der Waals surface area contributed by atoms with Gasteiger partial charge in [-0.05, 0) is 80.0 Å². The largest absolute Gasteiger partial charge is 0.383 e. The molecular weight excluding hydrogens is 450 g/mol. The summed E-state index contributed by atoms with van der Waals surface area (Å²) in [4.78, 5) is 25.5. The molecule has 190 valence electrons. The van der Waals surface area contributed by atoms with Gasteiger partial charge in [-0.15, -0.1) is 0 Å². The van der Waals surface area contributed by atoms with Crippen molar-refractivity contribution in [1.29, 1.82) is 0 Å². The van der Waals surface area contributed by atoms with E-state index in [4.69, 9.17) is 9.84 Å². The summed E-state index contributed by atoms with van der Waals surface area (Å²) in [5, 5.41) is 8.72. The van der Waals surface area contributed by atoms with E-state index in [0.717, 1.165) is 53.8 Å². The number of ketones is 1. The van der Waals surface area contributed by atoms with Crippen molar-refractivity contribution in [3.8, 4) is 0 Å². The lowest BCUT2D eigenvalue weighted by Gasteiger charge is -2.28. The van der Waals surface area contributed by atoms with Crippen molar-refractivity contribution in [3.63, 3.8) is 0 Å². The van der Waals surface area contributed by atoms with Crippen LogP contribution in [0.4, 0.5) is 0 Å². The zero-order valence-corrected chi connectivity index (χ0v) is 21.5. The van der Waals surface area contributed by atoms with Gasteiger partial charge in [-0.2, -0.15) is 5.10 Å². The van der Waals surface area contributed by atoms with Gasteiger partial charge >= 0.3 is 0 Å². The number of rotatable bonds is 10. The second-order valence-electron chi connectivity index (χ2n) is 10.7. The number of aromatic nitrogens is 2. The van der Waals surface area contributed by atoms with Crippen molar-refractivity contribution >= 4 is 22.6 Å². The number of methoxy groups -OCH3 is 1. The number of fused-ring (bicyclic) bond motifs is 1. The monoisotopic (exact) mass is 487 g/mol. The van der Waals surface area contributed by atoms with Gasteiger partial charge < -0.3 is 10.1 Å². The number of hydrogen-bond acceptors (Lipinski definition) is 4. The normalized spacial score (nSPS) is 19.9. The van der Waals surface area contributed by atoms with Crippen LogP contribution < -0.4 is 5.32 Å². The molecule has 6 nitrogen and oxygen atoms in total. The smallest absolute Gasteiger partial charge is 0.251 e. The number of carbonyl (C=O) groups is 2. The molecule has 2 aliphatic rings. The van der Waals surface area contributed by atoms with Crippen LogP contribution in [0.25, 0.3) is 10.9 Å². The first kappa shape index (κ1) is 24.7. The van der Waals surface area contributed by atoms with Crippen LogP contribution in [0, 0.1) is 18.8 Å². The molecule has 6 heteroatoms. The number of benzene rings is 2. The van der Waals surface area contributed by atoms with Gasteiger partial charge in [0.25, 0.3) is 5.91 Å². The van der Waals surface area contributed by atoms with E-state index in [-0.39, 0.29) is 11.7 Å². The Labute approximate surface area is 213 Å². The Balaban J connectivity index is 1.20. The Morgan fingerprint density at radius 3 is 2.58 bits per heavy atom. The Morgan fingerprint density at radius 2 is 1.83 bits per heavy atom. The van der Waals surface area contributed by atoms with E-state index in [1.54, 1.807) is 7.11 Å². The van der Waals surface area contributed by atoms with Crippen LogP contribution in [0.15, 0.2) is 42.6 Å². The van der Waals surface area contributed by atoms with Crippen LogP contribution in [0.1, 0.15) is 82.7 Å². The maximum atomic E-state index is 12.9. The van der Waals surface area contributed by atoms with Crippen LogP contribution in [-0.4, -0.2) is 41.7 Å². The molecule has 0 aliphatic heterocycles. The lowest BCUT2D eigenvalue weighted by molar-refractivity contribution is 0.0928. The highest BCUT2D eigenvalue weighted by molar-refractivity contribution is 6.00. The van der Waals surface area contributed by atoms with Gasteiger partial charge in [0.1, 0.15) is 0 Å². The van der Waals surface area contributed by atoms with Gasteiger partial charge in [0.2, 0.25) is 0 Å². The lowest BCUT2D eigenvalue weighted by atomic mass is 9.78. The number of ether oxygens (including phenoxy) is 1.